The van der Waals surface area contributed by atoms with Crippen LogP contribution in [0, 0.1) is 13.8 Å². The molecule has 20 nitrogen and oxygen atoms in total. The lowest BCUT2D eigenvalue weighted by atomic mass is 9.98. The van der Waals surface area contributed by atoms with Gasteiger partial charge in [0.15, 0.2) is 5.79 Å². The SMILES string of the molecule is CCn1nc(C)cc1C(=O)/N=C1\N(C)C2=CC(C(N)=O)=CCC2N1C[C@H]1OC(C)(C)OC1Cn1/c(=N/C(=O)c2cc(C)nn2CC)n(C)c2cc(C(N)=O)cc(OCCCO)c21. The highest BCUT2D eigenvalue weighted by Crippen LogP contribution is 2.37. The highest BCUT2D eigenvalue weighted by molar-refractivity contribution is 6.04. The highest BCUT2D eigenvalue weighted by Gasteiger charge is 2.47. The number of benzene rings is 1. The molecule has 4 aromatic rings. The predicted octanol–water partition coefficient (Wildman–Crippen LogP) is 1.66. The molecule has 62 heavy (non-hydrogen) atoms. The number of amides is 4. The monoisotopic (exact) mass is 854 g/mol. The number of primary amides is 2. The van der Waals surface area contributed by atoms with E-state index in [-0.39, 0.29) is 49.3 Å². The van der Waals surface area contributed by atoms with Crippen molar-refractivity contribution in [2.75, 3.05) is 26.8 Å². The Morgan fingerprint density at radius 2 is 1.52 bits per heavy atom. The lowest BCUT2D eigenvalue weighted by Crippen LogP contribution is -2.46. The van der Waals surface area contributed by atoms with Crippen LogP contribution in [0.15, 0.2) is 57.7 Å². The molecule has 330 valence electrons. The summed E-state index contributed by atoms with van der Waals surface area (Å²) in [6, 6.07) is 6.16. The fourth-order valence-electron chi connectivity index (χ4n) is 8.37. The van der Waals surface area contributed by atoms with Crippen LogP contribution in [-0.4, -0.2) is 124 Å². The van der Waals surface area contributed by atoms with E-state index < -0.39 is 41.6 Å². The number of nitrogens with zero attached hydrogens (tertiary/aromatic N) is 10. The number of aliphatic imine (C=N–C) groups is 1. The van der Waals surface area contributed by atoms with Gasteiger partial charge in [0, 0.05) is 57.0 Å². The lowest BCUT2D eigenvalue weighted by Gasteiger charge is -2.30. The zero-order valence-electron chi connectivity index (χ0n) is 36.3. The Kier molecular flexibility index (Phi) is 12.1. The van der Waals surface area contributed by atoms with Crippen LogP contribution in [0.25, 0.3) is 11.0 Å². The second-order valence-corrected chi connectivity index (χ2v) is 16.0. The van der Waals surface area contributed by atoms with Crippen LogP contribution >= 0.6 is 0 Å². The maximum atomic E-state index is 14.1. The third-order valence-electron chi connectivity index (χ3n) is 11.2. The van der Waals surface area contributed by atoms with Crippen LogP contribution < -0.4 is 21.8 Å². The molecule has 7 rings (SSSR count). The van der Waals surface area contributed by atoms with Gasteiger partial charge in [0.2, 0.25) is 23.4 Å². The Morgan fingerprint density at radius 1 is 0.903 bits per heavy atom. The molecule has 5 N–H and O–H groups in total. The fraction of sp³-hybridized carbons (Fsp3) is 0.476. The number of likely N-dealkylation sites (N-methyl/N-ethyl adjacent to an activating group) is 1. The number of ether oxygens (including phenoxy) is 3. The summed E-state index contributed by atoms with van der Waals surface area (Å²) >= 11 is 0. The van der Waals surface area contributed by atoms with Crippen LogP contribution in [0.5, 0.6) is 5.75 Å². The topological polar surface area (TPSA) is 245 Å². The van der Waals surface area contributed by atoms with Gasteiger partial charge in [0.1, 0.15) is 34.9 Å². The second-order valence-electron chi connectivity index (χ2n) is 16.0. The molecule has 3 aromatic heterocycles. The second kappa shape index (κ2) is 17.2. The lowest BCUT2D eigenvalue weighted by molar-refractivity contribution is -0.148. The summed E-state index contributed by atoms with van der Waals surface area (Å²) in [6.45, 7) is 12.1. The van der Waals surface area contributed by atoms with Crippen molar-refractivity contribution in [1.82, 2.24) is 38.5 Å². The number of aliphatic hydroxyl groups excluding tert-OH is 1. The van der Waals surface area contributed by atoms with Gasteiger partial charge in [-0.15, -0.1) is 0 Å². The molecule has 0 saturated carbocycles. The molecule has 2 saturated heterocycles. The number of guanidine groups is 1. The molecule has 2 aliphatic heterocycles. The average molecular weight is 855 g/mol. The number of aliphatic hydroxyl groups is 1. The number of carbonyl (C=O) groups is 4. The minimum absolute atomic E-state index is 0.0685. The van der Waals surface area contributed by atoms with Gasteiger partial charge in [-0.25, -0.2) is 0 Å². The van der Waals surface area contributed by atoms with Gasteiger partial charge in [0.05, 0.1) is 42.6 Å². The standard InChI is InChI=1S/C42H54N12O8/c1-9-53-30(16-23(3)47-53)38(58)45-40-49(7)28-18-25(36(43)56)12-13-27(28)51(40)21-33-34(62-42(5,6)61-33)22-52-35-29(19-26(37(44)57)20-32(35)60-15-11-14-55)50(8)41(52)46-39(59)31-17-24(4)48-54(31)10-2/h12,16-20,27,33-34,55H,9-11,13-15,21-22H2,1-8H3,(H2,43,56)(H2,44,57)/b45-40+,46-41+/t27?,33-,34?/m1/s1. The molecular formula is C42H54N12O8. The van der Waals surface area contributed by atoms with Gasteiger partial charge >= 0.3 is 0 Å². The minimum Gasteiger partial charge on any atom is -0.491 e. The molecule has 0 bridgehead atoms. The van der Waals surface area contributed by atoms with Crippen molar-refractivity contribution < 1.29 is 38.5 Å². The molecule has 20 heteroatoms. The number of fused-ring (bicyclic) bond motifs is 2. The molecule has 1 aromatic carbocycles. The van der Waals surface area contributed by atoms with Crippen molar-refractivity contribution in [3.63, 3.8) is 0 Å². The van der Waals surface area contributed by atoms with Crippen molar-refractivity contribution in [3.8, 4) is 5.75 Å². The van der Waals surface area contributed by atoms with Crippen LogP contribution in [0.1, 0.15) is 83.3 Å². The predicted molar refractivity (Wildman–Crippen MR) is 226 cm³/mol. The van der Waals surface area contributed by atoms with E-state index in [9.17, 15) is 24.3 Å². The number of nitrogens with two attached hydrogens (primary N) is 2. The first kappa shape index (κ1) is 43.7. The highest BCUT2D eigenvalue weighted by atomic mass is 16.8. The van der Waals surface area contributed by atoms with Crippen molar-refractivity contribution in [2.24, 2.45) is 28.5 Å². The van der Waals surface area contributed by atoms with Gasteiger partial charge in [-0.05, 0) is 78.3 Å². The summed E-state index contributed by atoms with van der Waals surface area (Å²) in [5, 5.41) is 18.5. The van der Waals surface area contributed by atoms with Crippen molar-refractivity contribution in [1.29, 1.82) is 0 Å². The van der Waals surface area contributed by atoms with Gasteiger partial charge in [-0.1, -0.05) is 6.08 Å². The first-order valence-corrected chi connectivity index (χ1v) is 20.6. The molecule has 1 aliphatic carbocycles. The van der Waals surface area contributed by atoms with E-state index >= 15 is 0 Å². The Balaban J connectivity index is 1.35. The van der Waals surface area contributed by atoms with Crippen molar-refractivity contribution in [3.05, 3.63) is 81.6 Å². The van der Waals surface area contributed by atoms with E-state index in [1.807, 2.05) is 25.7 Å². The van der Waals surface area contributed by atoms with Crippen LogP contribution in [0.4, 0.5) is 0 Å². The number of aromatic nitrogens is 6. The normalized spacial score (nSPS) is 20.6. The van der Waals surface area contributed by atoms with Gasteiger partial charge in [-0.2, -0.15) is 20.2 Å². The Morgan fingerprint density at radius 3 is 2.10 bits per heavy atom. The molecule has 4 amide bonds. The summed E-state index contributed by atoms with van der Waals surface area (Å²) in [7, 11) is 3.51. The summed E-state index contributed by atoms with van der Waals surface area (Å²) in [5.41, 5.74) is 15.9. The number of imidazole rings is 1. The van der Waals surface area contributed by atoms with Crippen LogP contribution in [-0.2, 0) is 41.0 Å². The quantitative estimate of drug-likeness (QED) is 0.153. The van der Waals surface area contributed by atoms with Gasteiger partial charge < -0.3 is 49.7 Å². The summed E-state index contributed by atoms with van der Waals surface area (Å²) in [4.78, 5) is 66.0. The van der Waals surface area contributed by atoms with E-state index in [0.29, 0.717) is 71.3 Å². The van der Waals surface area contributed by atoms with Crippen molar-refractivity contribution >= 4 is 40.6 Å². The zero-order valence-corrected chi connectivity index (χ0v) is 36.3. The molecular weight excluding hydrogens is 801 g/mol. The molecule has 2 unspecified atom stereocenters. The Labute approximate surface area is 357 Å². The van der Waals surface area contributed by atoms with Crippen molar-refractivity contribution in [2.45, 2.75) is 98.1 Å². The number of aryl methyl sites for hydroxylation is 5. The molecule has 5 heterocycles. The first-order valence-electron chi connectivity index (χ1n) is 20.6. The molecule has 3 atom stereocenters. The molecule has 0 radical (unpaired) electrons. The Bertz CT molecular complexity index is 2620. The Hall–Kier alpha value is -6.38. The van der Waals surface area contributed by atoms with Gasteiger partial charge in [-0.3, -0.25) is 28.5 Å². The van der Waals surface area contributed by atoms with Crippen LogP contribution in [0.2, 0.25) is 0 Å². The number of carbonyl (C=O) groups excluding carboxylic acids is 4. The smallest absolute Gasteiger partial charge is 0.298 e. The number of rotatable bonds is 14. The van der Waals surface area contributed by atoms with E-state index in [2.05, 4.69) is 20.2 Å². The average Bonchev–Trinajstić information content (AvgIpc) is 4.00. The van der Waals surface area contributed by atoms with E-state index in [4.69, 9.17) is 25.7 Å². The fourth-order valence-corrected chi connectivity index (χ4v) is 8.37. The summed E-state index contributed by atoms with van der Waals surface area (Å²) < 4.78 is 26.2. The van der Waals surface area contributed by atoms with E-state index in [1.165, 1.54) is 6.07 Å². The zero-order chi connectivity index (χ0) is 44.8. The number of hydrogen-bond donors (Lipinski definition) is 3. The van der Waals surface area contributed by atoms with E-state index in [1.54, 1.807) is 88.6 Å². The maximum absolute atomic E-state index is 14.1. The van der Waals surface area contributed by atoms with Crippen LogP contribution in [0.3, 0.4) is 0 Å². The molecule has 2 fully saturated rings. The van der Waals surface area contributed by atoms with E-state index in [0.717, 1.165) is 5.70 Å². The minimum atomic E-state index is -1.09. The maximum Gasteiger partial charge on any atom is 0.298 e. The third kappa shape index (κ3) is 8.32. The summed E-state index contributed by atoms with van der Waals surface area (Å²) in [5.74, 6) is -2.77. The molecule has 0 spiro atoms. The number of hydrogen-bond acceptors (Lipinski definition) is 10. The summed E-state index contributed by atoms with van der Waals surface area (Å²) in [6.07, 6.45) is 2.80. The first-order chi connectivity index (χ1) is 29.4. The largest absolute Gasteiger partial charge is 0.491 e. The molecule has 3 aliphatic rings. The third-order valence-corrected chi connectivity index (χ3v) is 11.2. The van der Waals surface area contributed by atoms with Gasteiger partial charge in [0.25, 0.3) is 11.8 Å².